The Labute approximate surface area is 153 Å². The van der Waals surface area contributed by atoms with E-state index in [1.807, 2.05) is 13.8 Å². The number of rotatable bonds is 5. The second-order valence-electron chi connectivity index (χ2n) is 5.83. The van der Waals surface area contributed by atoms with Gasteiger partial charge in [-0.05, 0) is 31.5 Å². The molecule has 2 aromatic heterocycles. The van der Waals surface area contributed by atoms with E-state index in [-0.39, 0.29) is 10.7 Å². The van der Waals surface area contributed by atoms with Gasteiger partial charge in [0.1, 0.15) is 11.6 Å². The molecule has 0 amide bonds. The van der Waals surface area contributed by atoms with Crippen molar-refractivity contribution in [2.45, 2.75) is 26.4 Å². The Morgan fingerprint density at radius 2 is 2.00 bits per heavy atom. The molecule has 5 nitrogen and oxygen atoms in total. The van der Waals surface area contributed by atoms with Crippen molar-refractivity contribution in [1.82, 2.24) is 14.6 Å². The number of alkyl halides is 3. The molecular formula is C17H17ClF3N5. The van der Waals surface area contributed by atoms with Gasteiger partial charge in [-0.3, -0.25) is 0 Å². The first-order chi connectivity index (χ1) is 12.3. The first-order valence-corrected chi connectivity index (χ1v) is 8.40. The van der Waals surface area contributed by atoms with Gasteiger partial charge in [-0.25, -0.2) is 4.98 Å². The molecular weight excluding hydrogens is 367 g/mol. The van der Waals surface area contributed by atoms with Crippen LogP contribution in [-0.4, -0.2) is 21.1 Å². The average Bonchev–Trinajstić information content (AvgIpc) is 2.95. The SMILES string of the molecule is CCCNc1cc(Nc2ccc(Cl)c(C(F)(F)F)c2)nc2c(C)cnn12. The molecule has 2 N–H and O–H groups in total. The molecule has 0 saturated carbocycles. The Morgan fingerprint density at radius 3 is 2.69 bits per heavy atom. The zero-order chi connectivity index (χ0) is 18.9. The van der Waals surface area contributed by atoms with E-state index in [4.69, 9.17) is 11.6 Å². The van der Waals surface area contributed by atoms with Gasteiger partial charge in [-0.2, -0.15) is 22.8 Å². The Bertz CT molecular complexity index is 936. The van der Waals surface area contributed by atoms with E-state index in [2.05, 4.69) is 20.7 Å². The molecule has 0 spiro atoms. The predicted molar refractivity (Wildman–Crippen MR) is 96.2 cm³/mol. The number of benzene rings is 1. The molecule has 0 unspecified atom stereocenters. The van der Waals surface area contributed by atoms with Crippen molar-refractivity contribution in [1.29, 1.82) is 0 Å². The molecule has 0 bridgehead atoms. The van der Waals surface area contributed by atoms with Crippen LogP contribution < -0.4 is 10.6 Å². The molecule has 1 aromatic carbocycles. The van der Waals surface area contributed by atoms with Crippen LogP contribution in [0.1, 0.15) is 24.5 Å². The molecule has 3 aromatic rings. The maximum Gasteiger partial charge on any atom is 0.417 e. The van der Waals surface area contributed by atoms with E-state index in [1.54, 1.807) is 16.8 Å². The number of nitrogens with one attached hydrogen (secondary N) is 2. The third kappa shape index (κ3) is 3.70. The Kier molecular flexibility index (Phi) is 4.95. The molecule has 0 aliphatic carbocycles. The highest BCUT2D eigenvalue weighted by atomic mass is 35.5. The second-order valence-corrected chi connectivity index (χ2v) is 6.24. The van der Waals surface area contributed by atoms with E-state index >= 15 is 0 Å². The molecule has 0 fully saturated rings. The van der Waals surface area contributed by atoms with Gasteiger partial charge in [0.15, 0.2) is 5.65 Å². The third-order valence-corrected chi connectivity index (χ3v) is 4.08. The van der Waals surface area contributed by atoms with E-state index in [9.17, 15) is 13.2 Å². The summed E-state index contributed by atoms with van der Waals surface area (Å²) in [6.07, 6.45) is -1.92. The highest BCUT2D eigenvalue weighted by Gasteiger charge is 2.33. The largest absolute Gasteiger partial charge is 0.417 e. The van der Waals surface area contributed by atoms with Crippen LogP contribution in [-0.2, 0) is 6.18 Å². The summed E-state index contributed by atoms with van der Waals surface area (Å²) in [5.41, 5.74) is 0.839. The fourth-order valence-electron chi connectivity index (χ4n) is 2.48. The maximum atomic E-state index is 13.0. The summed E-state index contributed by atoms with van der Waals surface area (Å²) in [5, 5.41) is 10.1. The first kappa shape index (κ1) is 18.3. The normalized spacial score (nSPS) is 11.8. The van der Waals surface area contributed by atoms with Crippen LogP contribution in [0.25, 0.3) is 5.65 Å². The Balaban J connectivity index is 2.00. The minimum Gasteiger partial charge on any atom is -0.370 e. The zero-order valence-corrected chi connectivity index (χ0v) is 14.9. The smallest absolute Gasteiger partial charge is 0.370 e. The number of aryl methyl sites for hydroxylation is 1. The van der Waals surface area contributed by atoms with E-state index < -0.39 is 11.7 Å². The summed E-state index contributed by atoms with van der Waals surface area (Å²) in [6.45, 7) is 4.63. The predicted octanol–water partition coefficient (Wildman–Crippen LogP) is 5.28. The molecule has 0 aliphatic heterocycles. The number of aromatic nitrogens is 3. The van der Waals surface area contributed by atoms with Gasteiger partial charge in [0.05, 0.1) is 16.8 Å². The van der Waals surface area contributed by atoms with Crippen molar-refractivity contribution in [3.8, 4) is 0 Å². The highest BCUT2D eigenvalue weighted by Crippen LogP contribution is 2.36. The molecule has 138 valence electrons. The van der Waals surface area contributed by atoms with Crippen LogP contribution in [0.5, 0.6) is 0 Å². The van der Waals surface area contributed by atoms with Crippen LogP contribution >= 0.6 is 11.6 Å². The minimum absolute atomic E-state index is 0.247. The van der Waals surface area contributed by atoms with E-state index in [1.165, 1.54) is 12.1 Å². The quantitative estimate of drug-likeness (QED) is 0.629. The number of fused-ring (bicyclic) bond motifs is 1. The molecule has 0 atom stereocenters. The first-order valence-electron chi connectivity index (χ1n) is 8.02. The van der Waals surface area contributed by atoms with Crippen molar-refractivity contribution >= 4 is 34.6 Å². The van der Waals surface area contributed by atoms with Crippen molar-refractivity contribution in [3.63, 3.8) is 0 Å². The van der Waals surface area contributed by atoms with Gasteiger partial charge < -0.3 is 10.6 Å². The third-order valence-electron chi connectivity index (χ3n) is 3.75. The fraction of sp³-hybridized carbons (Fsp3) is 0.294. The Morgan fingerprint density at radius 1 is 1.23 bits per heavy atom. The molecule has 0 radical (unpaired) electrons. The second kappa shape index (κ2) is 7.03. The fourth-order valence-corrected chi connectivity index (χ4v) is 2.71. The van der Waals surface area contributed by atoms with Gasteiger partial charge in [-0.15, -0.1) is 0 Å². The van der Waals surface area contributed by atoms with Crippen molar-refractivity contribution in [2.24, 2.45) is 0 Å². The summed E-state index contributed by atoms with van der Waals surface area (Å²) >= 11 is 5.67. The van der Waals surface area contributed by atoms with E-state index in [0.29, 0.717) is 17.3 Å². The van der Waals surface area contributed by atoms with Crippen molar-refractivity contribution in [3.05, 3.63) is 46.6 Å². The molecule has 2 heterocycles. The molecule has 0 aliphatic rings. The minimum atomic E-state index is -4.53. The van der Waals surface area contributed by atoms with Crippen LogP contribution in [0.4, 0.5) is 30.5 Å². The number of hydrogen-bond donors (Lipinski definition) is 2. The maximum absolute atomic E-state index is 13.0. The van der Waals surface area contributed by atoms with Crippen LogP contribution in [0.3, 0.4) is 0 Å². The van der Waals surface area contributed by atoms with Gasteiger partial charge in [0, 0.05) is 23.9 Å². The Hall–Kier alpha value is -2.48. The molecule has 26 heavy (non-hydrogen) atoms. The monoisotopic (exact) mass is 383 g/mol. The lowest BCUT2D eigenvalue weighted by atomic mass is 10.2. The number of anilines is 3. The van der Waals surface area contributed by atoms with Crippen molar-refractivity contribution < 1.29 is 13.2 Å². The number of halogens is 4. The summed E-state index contributed by atoms with van der Waals surface area (Å²) in [7, 11) is 0. The lowest BCUT2D eigenvalue weighted by molar-refractivity contribution is -0.137. The summed E-state index contributed by atoms with van der Waals surface area (Å²) in [5.74, 6) is 1.12. The lowest BCUT2D eigenvalue weighted by Gasteiger charge is -2.14. The summed E-state index contributed by atoms with van der Waals surface area (Å²) < 4.78 is 40.8. The van der Waals surface area contributed by atoms with Crippen molar-refractivity contribution in [2.75, 3.05) is 17.2 Å². The standard InChI is InChI=1S/C17H17ClF3N5/c1-3-6-22-15-8-14(25-16-10(2)9-23-26(15)16)24-11-4-5-13(18)12(7-11)17(19,20)21/h4-5,7-9,22H,3,6H2,1-2H3,(H,24,25). The zero-order valence-electron chi connectivity index (χ0n) is 14.2. The van der Waals surface area contributed by atoms with Crippen LogP contribution in [0, 0.1) is 6.92 Å². The number of nitrogens with zero attached hydrogens (tertiary/aromatic N) is 3. The number of hydrogen-bond acceptors (Lipinski definition) is 4. The van der Waals surface area contributed by atoms with Gasteiger partial charge in [-0.1, -0.05) is 18.5 Å². The summed E-state index contributed by atoms with van der Waals surface area (Å²) in [4.78, 5) is 4.45. The highest BCUT2D eigenvalue weighted by molar-refractivity contribution is 6.31. The summed E-state index contributed by atoms with van der Waals surface area (Å²) in [6, 6.07) is 5.37. The van der Waals surface area contributed by atoms with E-state index in [0.717, 1.165) is 24.6 Å². The van der Waals surface area contributed by atoms with Gasteiger partial charge in [0.25, 0.3) is 0 Å². The van der Waals surface area contributed by atoms with Crippen LogP contribution in [0.2, 0.25) is 5.02 Å². The average molecular weight is 384 g/mol. The molecule has 0 saturated heterocycles. The van der Waals surface area contributed by atoms with Gasteiger partial charge >= 0.3 is 6.18 Å². The van der Waals surface area contributed by atoms with Crippen LogP contribution in [0.15, 0.2) is 30.5 Å². The lowest BCUT2D eigenvalue weighted by Crippen LogP contribution is -2.09. The molecule has 3 rings (SSSR count). The van der Waals surface area contributed by atoms with Gasteiger partial charge in [0.2, 0.25) is 0 Å². The topological polar surface area (TPSA) is 54.2 Å². The molecule has 9 heteroatoms.